The van der Waals surface area contributed by atoms with E-state index in [4.69, 9.17) is 0 Å². The lowest BCUT2D eigenvalue weighted by molar-refractivity contribution is 0.611. The lowest BCUT2D eigenvalue weighted by Crippen LogP contribution is -2.15. The van der Waals surface area contributed by atoms with Gasteiger partial charge in [0.05, 0.1) is 23.1 Å². The number of pyridine rings is 1. The topological polar surface area (TPSA) is 65.6 Å². The number of aromatic nitrogens is 5. The van der Waals surface area contributed by atoms with E-state index in [9.17, 15) is 9.18 Å². The minimum Gasteiger partial charge on any atom is -0.287 e. The third-order valence-corrected chi connectivity index (χ3v) is 4.63. The first-order chi connectivity index (χ1) is 14.2. The van der Waals surface area contributed by atoms with Gasteiger partial charge in [-0.05, 0) is 30.3 Å². The van der Waals surface area contributed by atoms with Crippen molar-refractivity contribution in [1.29, 1.82) is 0 Å². The quantitative estimate of drug-likeness (QED) is 0.476. The Bertz CT molecular complexity index is 1400. The van der Waals surface area contributed by atoms with E-state index in [0.29, 0.717) is 5.69 Å². The van der Waals surface area contributed by atoms with Gasteiger partial charge in [0.2, 0.25) is 5.43 Å². The van der Waals surface area contributed by atoms with Crippen molar-refractivity contribution in [3.8, 4) is 22.8 Å². The van der Waals surface area contributed by atoms with Crippen molar-refractivity contribution < 1.29 is 4.39 Å². The summed E-state index contributed by atoms with van der Waals surface area (Å²) >= 11 is 0. The Balaban J connectivity index is 1.71. The molecule has 3 aromatic heterocycles. The van der Waals surface area contributed by atoms with Crippen LogP contribution in [0.4, 0.5) is 4.39 Å². The van der Waals surface area contributed by atoms with Crippen molar-refractivity contribution in [2.75, 3.05) is 0 Å². The summed E-state index contributed by atoms with van der Waals surface area (Å²) in [4.78, 5) is 17.0. The van der Waals surface area contributed by atoms with Crippen molar-refractivity contribution in [3.05, 3.63) is 101 Å². The molecule has 5 rings (SSSR count). The molecular formula is C22H14FN5O. The fourth-order valence-corrected chi connectivity index (χ4v) is 3.29. The highest BCUT2D eigenvalue weighted by atomic mass is 19.1. The molecule has 0 unspecified atom stereocenters. The molecule has 0 N–H and O–H groups in total. The molecule has 0 atom stereocenters. The predicted octanol–water partition coefficient (Wildman–Crippen LogP) is 3.77. The summed E-state index contributed by atoms with van der Waals surface area (Å²) < 4.78 is 17.3. The summed E-state index contributed by atoms with van der Waals surface area (Å²) in [5.74, 6) is -0.438. The van der Waals surface area contributed by atoms with Gasteiger partial charge >= 0.3 is 0 Å². The molecule has 0 aliphatic carbocycles. The molecule has 140 valence electrons. The molecule has 0 spiro atoms. The normalized spacial score (nSPS) is 11.1. The van der Waals surface area contributed by atoms with Crippen molar-refractivity contribution in [3.63, 3.8) is 0 Å². The highest BCUT2D eigenvalue weighted by Gasteiger charge is 2.16. The fraction of sp³-hybridized carbons (Fsp3) is 0. The summed E-state index contributed by atoms with van der Waals surface area (Å²) in [6.45, 7) is 0. The molecule has 0 amide bonds. The molecule has 7 heteroatoms. The monoisotopic (exact) mass is 383 g/mol. The van der Waals surface area contributed by atoms with Gasteiger partial charge in [0.25, 0.3) is 0 Å². The summed E-state index contributed by atoms with van der Waals surface area (Å²) in [6, 6.07) is 18.9. The van der Waals surface area contributed by atoms with Gasteiger partial charge in [-0.2, -0.15) is 10.2 Å². The van der Waals surface area contributed by atoms with Gasteiger partial charge in [-0.1, -0.05) is 30.3 Å². The molecule has 6 nitrogen and oxygen atoms in total. The molecule has 0 radical (unpaired) electrons. The summed E-state index contributed by atoms with van der Waals surface area (Å²) in [6.07, 6.45) is 4.82. The van der Waals surface area contributed by atoms with Gasteiger partial charge in [0, 0.05) is 23.8 Å². The van der Waals surface area contributed by atoms with Crippen LogP contribution in [0.1, 0.15) is 0 Å². The zero-order valence-corrected chi connectivity index (χ0v) is 15.1. The largest absolute Gasteiger partial charge is 0.287 e. The van der Waals surface area contributed by atoms with Crippen LogP contribution < -0.4 is 5.43 Å². The molecule has 0 bridgehead atoms. The van der Waals surface area contributed by atoms with Crippen LogP contribution in [-0.4, -0.2) is 24.5 Å². The number of rotatable bonds is 3. The molecule has 2 aromatic carbocycles. The van der Waals surface area contributed by atoms with Crippen LogP contribution in [0.3, 0.4) is 0 Å². The average molecular weight is 383 g/mol. The van der Waals surface area contributed by atoms with Gasteiger partial charge < -0.3 is 0 Å². The van der Waals surface area contributed by atoms with Crippen LogP contribution in [0, 0.1) is 5.82 Å². The maximum Gasteiger partial charge on any atom is 0.209 e. The summed E-state index contributed by atoms with van der Waals surface area (Å²) in [5, 5.41) is 9.69. The predicted molar refractivity (Wildman–Crippen MR) is 108 cm³/mol. The molecule has 0 fully saturated rings. The number of benzene rings is 2. The van der Waals surface area contributed by atoms with Gasteiger partial charge in [0.15, 0.2) is 5.69 Å². The van der Waals surface area contributed by atoms with Crippen LogP contribution in [0.2, 0.25) is 0 Å². The van der Waals surface area contributed by atoms with Crippen molar-refractivity contribution in [1.82, 2.24) is 24.5 Å². The average Bonchev–Trinajstić information content (AvgIpc) is 3.23. The molecule has 5 aromatic rings. The third kappa shape index (κ3) is 2.89. The van der Waals surface area contributed by atoms with Gasteiger partial charge in [-0.15, -0.1) is 0 Å². The van der Waals surface area contributed by atoms with E-state index in [-0.39, 0.29) is 16.8 Å². The molecule has 0 saturated carbocycles. The first-order valence-electron chi connectivity index (χ1n) is 8.96. The zero-order valence-electron chi connectivity index (χ0n) is 15.1. The molecule has 0 saturated heterocycles. The van der Waals surface area contributed by atoms with E-state index in [1.54, 1.807) is 41.3 Å². The Labute approximate surface area is 164 Å². The molecule has 3 heterocycles. The van der Waals surface area contributed by atoms with Crippen LogP contribution >= 0.6 is 0 Å². The number of halogens is 1. The van der Waals surface area contributed by atoms with E-state index in [1.165, 1.54) is 23.0 Å². The number of nitrogens with zero attached hydrogens (tertiary/aromatic N) is 5. The molecule has 0 aliphatic heterocycles. The van der Waals surface area contributed by atoms with Crippen LogP contribution in [0.5, 0.6) is 0 Å². The molecule has 29 heavy (non-hydrogen) atoms. The maximum atomic E-state index is 14.3. The SMILES string of the molecule is O=c1ccn(-c2cccc3cccnc23)nc1-c1ccnn1-c1ccccc1F. The van der Waals surface area contributed by atoms with Gasteiger partial charge in [-0.25, -0.2) is 13.8 Å². The zero-order chi connectivity index (χ0) is 19.8. The second kappa shape index (κ2) is 6.79. The van der Waals surface area contributed by atoms with Crippen LogP contribution in [0.25, 0.3) is 33.7 Å². The first kappa shape index (κ1) is 17.0. The van der Waals surface area contributed by atoms with Crippen molar-refractivity contribution >= 4 is 10.9 Å². The Hall–Kier alpha value is -4.13. The van der Waals surface area contributed by atoms with E-state index < -0.39 is 5.82 Å². The van der Waals surface area contributed by atoms with E-state index >= 15 is 0 Å². The Morgan fingerprint density at radius 1 is 0.828 bits per heavy atom. The summed E-state index contributed by atoms with van der Waals surface area (Å²) in [5.41, 5.74) is 2.04. The second-order valence-corrected chi connectivity index (χ2v) is 6.41. The number of fused-ring (bicyclic) bond motifs is 1. The van der Waals surface area contributed by atoms with Crippen molar-refractivity contribution in [2.45, 2.75) is 0 Å². The smallest absolute Gasteiger partial charge is 0.209 e. The standard InChI is InChI=1S/C22H14FN5O/c23-16-7-1-2-8-17(16)28-19(10-13-25-28)22-20(29)11-14-27(26-22)18-9-3-5-15-6-4-12-24-21(15)18/h1-14H. The highest BCUT2D eigenvalue weighted by molar-refractivity contribution is 5.86. The minimum absolute atomic E-state index is 0.168. The maximum absolute atomic E-state index is 14.3. The molecular weight excluding hydrogens is 369 g/mol. The Morgan fingerprint density at radius 2 is 1.66 bits per heavy atom. The lowest BCUT2D eigenvalue weighted by Gasteiger charge is -2.11. The van der Waals surface area contributed by atoms with E-state index in [2.05, 4.69) is 15.2 Å². The molecule has 0 aliphatic rings. The minimum atomic E-state index is -0.438. The fourth-order valence-electron chi connectivity index (χ4n) is 3.29. The summed E-state index contributed by atoms with van der Waals surface area (Å²) in [7, 11) is 0. The number of hydrogen-bond acceptors (Lipinski definition) is 4. The Kier molecular flexibility index (Phi) is 3.98. The van der Waals surface area contributed by atoms with Gasteiger partial charge in [-0.3, -0.25) is 9.78 Å². The highest BCUT2D eigenvalue weighted by Crippen LogP contribution is 2.22. The Morgan fingerprint density at radius 3 is 2.55 bits per heavy atom. The number of hydrogen-bond donors (Lipinski definition) is 0. The van der Waals surface area contributed by atoms with Crippen LogP contribution in [-0.2, 0) is 0 Å². The number of para-hydroxylation sites is 2. The van der Waals surface area contributed by atoms with Crippen molar-refractivity contribution in [2.24, 2.45) is 0 Å². The third-order valence-electron chi connectivity index (χ3n) is 4.63. The van der Waals surface area contributed by atoms with E-state index in [0.717, 1.165) is 16.6 Å². The second-order valence-electron chi connectivity index (χ2n) is 6.41. The lowest BCUT2D eigenvalue weighted by atomic mass is 10.2. The first-order valence-corrected chi connectivity index (χ1v) is 8.96. The van der Waals surface area contributed by atoms with Gasteiger partial charge in [0.1, 0.15) is 11.5 Å². The van der Waals surface area contributed by atoms with E-state index in [1.807, 2.05) is 30.3 Å². The van der Waals surface area contributed by atoms with Crippen LogP contribution in [0.15, 0.2) is 90.1 Å².